The van der Waals surface area contributed by atoms with E-state index in [1.165, 1.54) is 0 Å². The molecule has 0 aromatic carbocycles. The van der Waals surface area contributed by atoms with Crippen LogP contribution in [0.15, 0.2) is 0 Å². The average Bonchev–Trinajstić information content (AvgIpc) is 2.11. The van der Waals surface area contributed by atoms with E-state index in [9.17, 15) is 14.4 Å². The van der Waals surface area contributed by atoms with E-state index in [0.29, 0.717) is 6.29 Å². The summed E-state index contributed by atoms with van der Waals surface area (Å²) in [5.41, 5.74) is 0. The lowest BCUT2D eigenvalue weighted by Crippen LogP contribution is -2.40. The van der Waals surface area contributed by atoms with Gasteiger partial charge in [-0.3, -0.25) is 0 Å². The van der Waals surface area contributed by atoms with Crippen molar-refractivity contribution in [3.63, 3.8) is 0 Å². The van der Waals surface area contributed by atoms with Gasteiger partial charge in [0.15, 0.2) is 0 Å². The first-order valence-corrected chi connectivity index (χ1v) is 3.62. The fourth-order valence-electron chi connectivity index (χ4n) is 0.693. The highest BCUT2D eigenvalue weighted by Crippen LogP contribution is 1.95. The molecule has 0 aromatic heterocycles. The largest absolute Gasteiger partial charge is 0.480 e. The normalized spacial score (nSPS) is 11.5. The maximum atomic E-state index is 10.6. The zero-order valence-corrected chi connectivity index (χ0v) is 7.15. The minimum Gasteiger partial charge on any atom is -0.480 e. The lowest BCUT2D eigenvalue weighted by atomic mass is 10.2. The standard InChI is InChI=1S/C7H11NO5/c1-13-7(12)8-5(6(10)11)3-2-4-9/h4-5H,2-3H2,1H3,(H,8,12)(H,10,11). The van der Waals surface area contributed by atoms with E-state index in [2.05, 4.69) is 10.1 Å². The van der Waals surface area contributed by atoms with Crippen LogP contribution >= 0.6 is 0 Å². The van der Waals surface area contributed by atoms with Gasteiger partial charge >= 0.3 is 12.1 Å². The molecule has 0 spiro atoms. The highest BCUT2D eigenvalue weighted by Gasteiger charge is 2.19. The van der Waals surface area contributed by atoms with Crippen LogP contribution in [0.5, 0.6) is 0 Å². The van der Waals surface area contributed by atoms with Crippen molar-refractivity contribution in [3.05, 3.63) is 0 Å². The summed E-state index contributed by atoms with van der Waals surface area (Å²) in [6, 6.07) is -1.07. The lowest BCUT2D eigenvalue weighted by Gasteiger charge is -2.11. The second-order valence-corrected chi connectivity index (χ2v) is 2.27. The minimum atomic E-state index is -1.19. The molecule has 0 fully saturated rings. The number of amides is 1. The van der Waals surface area contributed by atoms with Crippen molar-refractivity contribution >= 4 is 18.3 Å². The molecule has 0 aliphatic carbocycles. The number of methoxy groups -OCH3 is 1. The molecule has 1 atom stereocenters. The van der Waals surface area contributed by atoms with Crippen molar-refractivity contribution in [1.29, 1.82) is 0 Å². The summed E-state index contributed by atoms with van der Waals surface area (Å²) in [7, 11) is 1.13. The van der Waals surface area contributed by atoms with E-state index in [1.54, 1.807) is 0 Å². The molecule has 0 saturated heterocycles. The third-order valence-electron chi connectivity index (χ3n) is 1.35. The number of nitrogens with one attached hydrogen (secondary N) is 1. The molecular formula is C7H11NO5. The topological polar surface area (TPSA) is 92.7 Å². The number of carbonyl (C=O) groups excluding carboxylic acids is 2. The maximum absolute atomic E-state index is 10.6. The Bertz CT molecular complexity index is 203. The van der Waals surface area contributed by atoms with Gasteiger partial charge in [-0.2, -0.15) is 0 Å². The Morgan fingerprint density at radius 3 is 2.62 bits per heavy atom. The average molecular weight is 189 g/mol. The lowest BCUT2D eigenvalue weighted by molar-refractivity contribution is -0.139. The summed E-state index contributed by atoms with van der Waals surface area (Å²) >= 11 is 0. The van der Waals surface area contributed by atoms with Gasteiger partial charge in [0.2, 0.25) is 0 Å². The maximum Gasteiger partial charge on any atom is 0.407 e. The number of alkyl carbamates (subject to hydrolysis) is 1. The Hall–Kier alpha value is -1.59. The number of ether oxygens (including phenoxy) is 1. The summed E-state index contributed by atoms with van der Waals surface area (Å²) in [6.45, 7) is 0. The van der Waals surface area contributed by atoms with Crippen molar-refractivity contribution in [3.8, 4) is 0 Å². The number of carboxylic acids is 1. The van der Waals surface area contributed by atoms with Gasteiger partial charge in [-0.25, -0.2) is 9.59 Å². The molecule has 0 rings (SSSR count). The van der Waals surface area contributed by atoms with Crippen LogP contribution < -0.4 is 5.32 Å². The van der Waals surface area contributed by atoms with Gasteiger partial charge in [-0.1, -0.05) is 0 Å². The van der Waals surface area contributed by atoms with Crippen LogP contribution in [0.1, 0.15) is 12.8 Å². The Labute approximate surface area is 74.9 Å². The molecule has 0 aliphatic heterocycles. The SMILES string of the molecule is COC(=O)NC(CCC=O)C(=O)O. The molecule has 1 unspecified atom stereocenters. The molecule has 2 N–H and O–H groups in total. The first kappa shape index (κ1) is 11.4. The van der Waals surface area contributed by atoms with E-state index in [4.69, 9.17) is 5.11 Å². The molecule has 0 radical (unpaired) electrons. The molecule has 1 amide bonds. The van der Waals surface area contributed by atoms with Crippen molar-refractivity contribution in [1.82, 2.24) is 5.32 Å². The molecule has 74 valence electrons. The molecule has 0 bridgehead atoms. The van der Waals surface area contributed by atoms with Crippen LogP contribution in [-0.4, -0.2) is 36.6 Å². The Kier molecular flexibility index (Phi) is 5.25. The van der Waals surface area contributed by atoms with Crippen LogP contribution in [0.4, 0.5) is 4.79 Å². The van der Waals surface area contributed by atoms with Gasteiger partial charge < -0.3 is 20.0 Å². The number of rotatable bonds is 5. The predicted molar refractivity (Wildman–Crippen MR) is 42.3 cm³/mol. The van der Waals surface area contributed by atoms with Gasteiger partial charge in [0.1, 0.15) is 12.3 Å². The van der Waals surface area contributed by atoms with Gasteiger partial charge in [-0.15, -0.1) is 0 Å². The summed E-state index contributed by atoms with van der Waals surface area (Å²) in [6.07, 6.45) is -0.0811. The van der Waals surface area contributed by atoms with Crippen molar-refractivity contribution in [2.75, 3.05) is 7.11 Å². The van der Waals surface area contributed by atoms with E-state index in [-0.39, 0.29) is 12.8 Å². The number of carboxylic acid groups (broad SMARTS) is 1. The Morgan fingerprint density at radius 2 is 2.23 bits per heavy atom. The summed E-state index contributed by atoms with van der Waals surface area (Å²) in [5, 5.41) is 10.6. The third-order valence-corrected chi connectivity index (χ3v) is 1.35. The number of hydrogen-bond acceptors (Lipinski definition) is 4. The number of hydrogen-bond donors (Lipinski definition) is 2. The highest BCUT2D eigenvalue weighted by molar-refractivity contribution is 5.80. The van der Waals surface area contributed by atoms with Gasteiger partial charge in [-0.05, 0) is 6.42 Å². The van der Waals surface area contributed by atoms with Crippen LogP contribution in [0, 0.1) is 0 Å². The molecular weight excluding hydrogens is 178 g/mol. The van der Waals surface area contributed by atoms with Crippen molar-refractivity contribution in [2.45, 2.75) is 18.9 Å². The summed E-state index contributed by atoms with van der Waals surface area (Å²) in [5.74, 6) is -1.19. The van der Waals surface area contributed by atoms with Crippen molar-refractivity contribution < 1.29 is 24.2 Å². The molecule has 13 heavy (non-hydrogen) atoms. The van der Waals surface area contributed by atoms with Crippen LogP contribution in [0.25, 0.3) is 0 Å². The molecule has 0 aromatic rings. The second-order valence-electron chi connectivity index (χ2n) is 2.27. The summed E-state index contributed by atoms with van der Waals surface area (Å²) < 4.78 is 4.21. The fraction of sp³-hybridized carbons (Fsp3) is 0.571. The zero-order chi connectivity index (χ0) is 10.3. The number of aliphatic carboxylic acids is 1. The first-order chi connectivity index (χ1) is 6.11. The van der Waals surface area contributed by atoms with Crippen molar-refractivity contribution in [2.24, 2.45) is 0 Å². The van der Waals surface area contributed by atoms with Gasteiger partial charge in [0.05, 0.1) is 7.11 Å². The van der Waals surface area contributed by atoms with Gasteiger partial charge in [0, 0.05) is 6.42 Å². The summed E-state index contributed by atoms with van der Waals surface area (Å²) in [4.78, 5) is 31.0. The molecule has 0 heterocycles. The molecule has 0 saturated carbocycles. The Morgan fingerprint density at radius 1 is 1.62 bits per heavy atom. The van der Waals surface area contributed by atoms with Crippen LogP contribution in [0.2, 0.25) is 0 Å². The molecule has 0 aliphatic rings. The zero-order valence-electron chi connectivity index (χ0n) is 7.15. The molecule has 6 heteroatoms. The van der Waals surface area contributed by atoms with E-state index < -0.39 is 18.1 Å². The monoisotopic (exact) mass is 189 g/mol. The van der Waals surface area contributed by atoms with Crippen LogP contribution in [0.3, 0.4) is 0 Å². The van der Waals surface area contributed by atoms with Gasteiger partial charge in [0.25, 0.3) is 0 Å². The third kappa shape index (κ3) is 4.78. The highest BCUT2D eigenvalue weighted by atomic mass is 16.5. The quantitative estimate of drug-likeness (QED) is 0.583. The minimum absolute atomic E-state index is 0.0634. The van der Waals surface area contributed by atoms with E-state index in [1.807, 2.05) is 0 Å². The number of aldehydes is 1. The number of carbonyl (C=O) groups is 3. The first-order valence-electron chi connectivity index (χ1n) is 3.62. The predicted octanol–water partition coefficient (Wildman–Crippen LogP) is -0.225. The van der Waals surface area contributed by atoms with Crippen LogP contribution in [-0.2, 0) is 14.3 Å². The smallest absolute Gasteiger partial charge is 0.407 e. The second kappa shape index (κ2) is 5.99. The van der Waals surface area contributed by atoms with E-state index >= 15 is 0 Å². The van der Waals surface area contributed by atoms with E-state index in [0.717, 1.165) is 7.11 Å². The molecule has 6 nitrogen and oxygen atoms in total. The Balaban J connectivity index is 4.01. The fourth-order valence-corrected chi connectivity index (χ4v) is 0.693.